The van der Waals surface area contributed by atoms with Crippen molar-refractivity contribution in [2.24, 2.45) is 0 Å². The summed E-state index contributed by atoms with van der Waals surface area (Å²) in [6.07, 6.45) is 3.09. The van der Waals surface area contributed by atoms with Gasteiger partial charge in [-0.25, -0.2) is 0 Å². The molecule has 3 heteroatoms. The molecule has 0 atom stereocenters. The highest BCUT2D eigenvalue weighted by molar-refractivity contribution is 5.89. The van der Waals surface area contributed by atoms with Gasteiger partial charge >= 0.3 is 5.97 Å². The molecular weight excluding hydrogens is 286 g/mol. The predicted molar refractivity (Wildman–Crippen MR) is 96.2 cm³/mol. The standard InChI is InChI=1S/C20H29NO2/c1-19(2,3)14-9-7-10-16-18(14)15(20(4,5)6)13-21(16)12-8-11-17(22)23/h7,9-10,13H,8,11-12H2,1-6H3,(H,22,23). The molecule has 1 aromatic heterocycles. The van der Waals surface area contributed by atoms with Gasteiger partial charge in [0.05, 0.1) is 0 Å². The fourth-order valence-corrected chi connectivity index (χ4v) is 3.13. The maximum atomic E-state index is 10.8. The zero-order valence-electron chi connectivity index (χ0n) is 15.2. The van der Waals surface area contributed by atoms with Gasteiger partial charge in [0.2, 0.25) is 0 Å². The summed E-state index contributed by atoms with van der Waals surface area (Å²) in [7, 11) is 0. The molecule has 0 aliphatic heterocycles. The lowest BCUT2D eigenvalue weighted by Gasteiger charge is -2.24. The highest BCUT2D eigenvalue weighted by Gasteiger charge is 2.26. The number of fused-ring (bicyclic) bond motifs is 1. The van der Waals surface area contributed by atoms with Crippen molar-refractivity contribution < 1.29 is 9.90 Å². The van der Waals surface area contributed by atoms with Gasteiger partial charge in [0.1, 0.15) is 0 Å². The number of carboxylic acids is 1. The average molecular weight is 315 g/mol. The van der Waals surface area contributed by atoms with Crippen molar-refractivity contribution in [3.05, 3.63) is 35.5 Å². The van der Waals surface area contributed by atoms with Crippen molar-refractivity contribution in [3.8, 4) is 0 Å². The maximum absolute atomic E-state index is 10.8. The Morgan fingerprint density at radius 2 is 1.65 bits per heavy atom. The molecule has 0 amide bonds. The Hall–Kier alpha value is -1.77. The summed E-state index contributed by atoms with van der Waals surface area (Å²) in [6, 6.07) is 6.49. The van der Waals surface area contributed by atoms with E-state index in [0.29, 0.717) is 6.42 Å². The predicted octanol–water partition coefficient (Wildman–Crippen LogP) is 5.10. The van der Waals surface area contributed by atoms with Crippen molar-refractivity contribution in [1.29, 1.82) is 0 Å². The minimum absolute atomic E-state index is 0.0532. The molecule has 2 rings (SSSR count). The number of hydrogen-bond acceptors (Lipinski definition) is 1. The smallest absolute Gasteiger partial charge is 0.303 e. The van der Waals surface area contributed by atoms with Crippen molar-refractivity contribution in [1.82, 2.24) is 4.57 Å². The number of rotatable bonds is 4. The summed E-state index contributed by atoms with van der Waals surface area (Å²) in [5, 5.41) is 10.2. The molecule has 0 radical (unpaired) electrons. The van der Waals surface area contributed by atoms with Crippen LogP contribution in [0, 0.1) is 0 Å². The van der Waals surface area contributed by atoms with E-state index in [4.69, 9.17) is 5.11 Å². The number of aryl methyl sites for hydroxylation is 1. The van der Waals surface area contributed by atoms with Crippen LogP contribution in [0.5, 0.6) is 0 Å². The van der Waals surface area contributed by atoms with Gasteiger partial charge < -0.3 is 9.67 Å². The Labute approximate surface area is 139 Å². The monoisotopic (exact) mass is 315 g/mol. The van der Waals surface area contributed by atoms with Crippen LogP contribution in [0.25, 0.3) is 10.9 Å². The molecule has 2 aromatic rings. The molecule has 0 aliphatic rings. The highest BCUT2D eigenvalue weighted by Crippen LogP contribution is 2.38. The van der Waals surface area contributed by atoms with Gasteiger partial charge in [-0.2, -0.15) is 0 Å². The Kier molecular flexibility index (Phi) is 4.61. The quantitative estimate of drug-likeness (QED) is 0.852. The lowest BCUT2D eigenvalue weighted by atomic mass is 9.79. The number of carbonyl (C=O) groups is 1. The second-order valence-corrected chi connectivity index (χ2v) is 8.43. The van der Waals surface area contributed by atoms with E-state index in [0.717, 1.165) is 6.54 Å². The first kappa shape index (κ1) is 17.6. The van der Waals surface area contributed by atoms with Crippen LogP contribution in [0.4, 0.5) is 0 Å². The van der Waals surface area contributed by atoms with E-state index >= 15 is 0 Å². The van der Waals surface area contributed by atoms with E-state index in [1.54, 1.807) is 0 Å². The summed E-state index contributed by atoms with van der Waals surface area (Å²) in [5.41, 5.74) is 4.04. The van der Waals surface area contributed by atoms with Crippen LogP contribution in [-0.4, -0.2) is 15.6 Å². The fraction of sp³-hybridized carbons (Fsp3) is 0.550. The second-order valence-electron chi connectivity index (χ2n) is 8.43. The molecular formula is C20H29NO2. The SMILES string of the molecule is CC(C)(C)c1cccc2c1c(C(C)(C)C)cn2CCCC(=O)O. The topological polar surface area (TPSA) is 42.2 Å². The van der Waals surface area contributed by atoms with E-state index in [2.05, 4.69) is 70.5 Å². The van der Waals surface area contributed by atoms with Crippen LogP contribution in [0.2, 0.25) is 0 Å². The minimum atomic E-state index is -0.729. The Bertz CT molecular complexity index is 712. The van der Waals surface area contributed by atoms with Gasteiger partial charge in [-0.3, -0.25) is 4.79 Å². The summed E-state index contributed by atoms with van der Waals surface area (Å²) in [4.78, 5) is 10.8. The molecule has 0 bridgehead atoms. The Morgan fingerprint density at radius 1 is 1.04 bits per heavy atom. The van der Waals surface area contributed by atoms with E-state index < -0.39 is 5.97 Å². The second kappa shape index (κ2) is 6.03. The maximum Gasteiger partial charge on any atom is 0.303 e. The molecule has 3 nitrogen and oxygen atoms in total. The highest BCUT2D eigenvalue weighted by atomic mass is 16.4. The van der Waals surface area contributed by atoms with Crippen LogP contribution in [0.1, 0.15) is 65.5 Å². The van der Waals surface area contributed by atoms with Crippen molar-refractivity contribution in [2.75, 3.05) is 0 Å². The average Bonchev–Trinajstić information content (AvgIpc) is 2.76. The Morgan fingerprint density at radius 3 is 2.17 bits per heavy atom. The number of aromatic nitrogens is 1. The lowest BCUT2D eigenvalue weighted by Crippen LogP contribution is -2.15. The molecule has 0 spiro atoms. The third-order valence-electron chi connectivity index (χ3n) is 4.31. The van der Waals surface area contributed by atoms with E-state index in [1.165, 1.54) is 22.0 Å². The number of hydrogen-bond donors (Lipinski definition) is 1. The number of aliphatic carboxylic acids is 1. The molecule has 0 saturated carbocycles. The molecule has 1 N–H and O–H groups in total. The Balaban J connectivity index is 2.61. The first-order chi connectivity index (χ1) is 10.5. The van der Waals surface area contributed by atoms with Gasteiger partial charge in [-0.05, 0) is 34.4 Å². The zero-order valence-corrected chi connectivity index (χ0v) is 15.2. The van der Waals surface area contributed by atoms with E-state index in [1.807, 2.05) is 0 Å². The molecule has 0 saturated heterocycles. The van der Waals surface area contributed by atoms with Crippen LogP contribution in [-0.2, 0) is 22.2 Å². The van der Waals surface area contributed by atoms with Crippen molar-refractivity contribution >= 4 is 16.9 Å². The first-order valence-electron chi connectivity index (χ1n) is 8.36. The summed E-state index contributed by atoms with van der Waals surface area (Å²) < 4.78 is 2.23. The normalized spacial score (nSPS) is 12.8. The fourth-order valence-electron chi connectivity index (χ4n) is 3.13. The summed E-state index contributed by atoms with van der Waals surface area (Å²) in [6.45, 7) is 14.2. The van der Waals surface area contributed by atoms with Gasteiger partial charge in [0.15, 0.2) is 0 Å². The zero-order chi connectivity index (χ0) is 17.4. The van der Waals surface area contributed by atoms with Gasteiger partial charge in [-0.15, -0.1) is 0 Å². The van der Waals surface area contributed by atoms with Crippen LogP contribution < -0.4 is 0 Å². The molecule has 0 fully saturated rings. The van der Waals surface area contributed by atoms with Crippen LogP contribution in [0.15, 0.2) is 24.4 Å². The molecule has 0 unspecified atom stereocenters. The molecule has 1 aromatic carbocycles. The van der Waals surface area contributed by atoms with Crippen molar-refractivity contribution in [3.63, 3.8) is 0 Å². The van der Waals surface area contributed by atoms with E-state index in [-0.39, 0.29) is 17.3 Å². The van der Waals surface area contributed by atoms with Gasteiger partial charge in [0, 0.05) is 30.1 Å². The number of benzene rings is 1. The van der Waals surface area contributed by atoms with Gasteiger partial charge in [-0.1, -0.05) is 53.7 Å². The third-order valence-corrected chi connectivity index (χ3v) is 4.31. The minimum Gasteiger partial charge on any atom is -0.481 e. The molecule has 23 heavy (non-hydrogen) atoms. The third kappa shape index (κ3) is 3.77. The molecule has 126 valence electrons. The summed E-state index contributed by atoms with van der Waals surface area (Å²) in [5.74, 6) is -0.729. The molecule has 1 heterocycles. The largest absolute Gasteiger partial charge is 0.481 e. The summed E-state index contributed by atoms with van der Waals surface area (Å²) >= 11 is 0. The van der Waals surface area contributed by atoms with Crippen LogP contribution >= 0.6 is 0 Å². The lowest BCUT2D eigenvalue weighted by molar-refractivity contribution is -0.137. The first-order valence-corrected chi connectivity index (χ1v) is 8.36. The van der Waals surface area contributed by atoms with Crippen molar-refractivity contribution in [2.45, 2.75) is 71.8 Å². The van der Waals surface area contributed by atoms with E-state index in [9.17, 15) is 4.79 Å². The number of carboxylic acid groups (broad SMARTS) is 1. The molecule has 0 aliphatic carbocycles. The number of nitrogens with zero attached hydrogens (tertiary/aromatic N) is 1. The van der Waals surface area contributed by atoms with Crippen LogP contribution in [0.3, 0.4) is 0 Å². The van der Waals surface area contributed by atoms with Gasteiger partial charge in [0.25, 0.3) is 0 Å².